The van der Waals surface area contributed by atoms with Gasteiger partial charge in [0.25, 0.3) is 0 Å². The van der Waals surface area contributed by atoms with Crippen LogP contribution in [0.25, 0.3) is 0 Å². The third kappa shape index (κ3) is 7.28. The first-order chi connectivity index (χ1) is 15.5. The van der Waals surface area contributed by atoms with Gasteiger partial charge in [-0.15, -0.1) is 0 Å². The van der Waals surface area contributed by atoms with Gasteiger partial charge in [-0.05, 0) is 54.1 Å². The van der Waals surface area contributed by atoms with E-state index in [2.05, 4.69) is 5.32 Å². The van der Waals surface area contributed by atoms with Gasteiger partial charge in [0, 0.05) is 18.2 Å². The van der Waals surface area contributed by atoms with Crippen LogP contribution in [0.4, 0.5) is 5.69 Å². The molecule has 0 heterocycles. The maximum atomic E-state index is 12.1. The molecule has 0 saturated carbocycles. The largest absolute Gasteiger partial charge is 0.489 e. The zero-order valence-corrected chi connectivity index (χ0v) is 17.6. The molecule has 164 valence electrons. The predicted octanol–water partition coefficient (Wildman–Crippen LogP) is 4.03. The van der Waals surface area contributed by atoms with Crippen LogP contribution < -0.4 is 14.8 Å². The summed E-state index contributed by atoms with van der Waals surface area (Å²) in [6.07, 6.45) is 0. The number of carbonyl (C=O) groups is 3. The van der Waals surface area contributed by atoms with Gasteiger partial charge in [0.05, 0.1) is 0 Å². The van der Waals surface area contributed by atoms with Crippen LogP contribution in [0.1, 0.15) is 22.8 Å². The molecule has 1 N–H and O–H groups in total. The maximum Gasteiger partial charge on any atom is 0.344 e. The van der Waals surface area contributed by atoms with Crippen molar-refractivity contribution >= 4 is 23.3 Å². The van der Waals surface area contributed by atoms with E-state index in [1.165, 1.54) is 6.92 Å². The summed E-state index contributed by atoms with van der Waals surface area (Å²) < 4.78 is 16.1. The first-order valence-electron chi connectivity index (χ1n) is 9.95. The lowest BCUT2D eigenvalue weighted by Crippen LogP contribution is -2.19. The highest BCUT2D eigenvalue weighted by atomic mass is 16.6. The Kier molecular flexibility index (Phi) is 7.97. The zero-order chi connectivity index (χ0) is 22.8. The third-order valence-corrected chi connectivity index (χ3v) is 4.32. The number of carbonyl (C=O) groups excluding carboxylic acids is 3. The van der Waals surface area contributed by atoms with E-state index in [0.717, 1.165) is 5.56 Å². The molecular formula is C25H23NO6. The smallest absolute Gasteiger partial charge is 0.344 e. The second-order valence-corrected chi connectivity index (χ2v) is 6.88. The third-order valence-electron chi connectivity index (χ3n) is 4.32. The Balaban J connectivity index is 1.38. The average Bonchev–Trinajstić information content (AvgIpc) is 2.81. The van der Waals surface area contributed by atoms with Crippen LogP contribution in [0.15, 0.2) is 78.9 Å². The van der Waals surface area contributed by atoms with Crippen molar-refractivity contribution in [1.82, 2.24) is 0 Å². The highest BCUT2D eigenvalue weighted by molar-refractivity contribution is 5.98. The second kappa shape index (κ2) is 11.3. The molecule has 32 heavy (non-hydrogen) atoms. The van der Waals surface area contributed by atoms with Crippen LogP contribution in [0.5, 0.6) is 11.5 Å². The van der Waals surface area contributed by atoms with Gasteiger partial charge in [-0.25, -0.2) is 4.79 Å². The van der Waals surface area contributed by atoms with E-state index < -0.39 is 12.6 Å². The Morgan fingerprint density at radius 2 is 1.38 bits per heavy atom. The number of benzene rings is 3. The number of ether oxygens (including phenoxy) is 3. The van der Waals surface area contributed by atoms with Gasteiger partial charge >= 0.3 is 5.97 Å². The van der Waals surface area contributed by atoms with E-state index in [1.807, 2.05) is 30.3 Å². The summed E-state index contributed by atoms with van der Waals surface area (Å²) in [5, 5.41) is 2.61. The fraction of sp³-hybridized carbons (Fsp3) is 0.160. The molecule has 7 heteroatoms. The number of nitrogens with one attached hydrogen (secondary N) is 1. The molecule has 0 unspecified atom stereocenters. The Morgan fingerprint density at radius 3 is 2.00 bits per heavy atom. The van der Waals surface area contributed by atoms with E-state index in [1.54, 1.807) is 48.5 Å². The zero-order valence-electron chi connectivity index (χ0n) is 17.6. The molecule has 0 aliphatic carbocycles. The standard InChI is InChI=1S/C25H23NO6/c1-18(27)26-21-9-7-20(8-10-21)24(28)16-32-25(29)17-31-23-13-11-22(12-14-23)30-15-19-5-3-2-4-6-19/h2-14H,15-17H2,1H3,(H,26,27). The van der Waals surface area contributed by atoms with E-state index in [4.69, 9.17) is 14.2 Å². The van der Waals surface area contributed by atoms with Crippen LogP contribution in [0.2, 0.25) is 0 Å². The topological polar surface area (TPSA) is 90.9 Å². The minimum atomic E-state index is -0.655. The molecule has 0 aromatic heterocycles. The number of Topliss-reactive ketones (excluding diaryl/α,β-unsaturated/α-hetero) is 1. The monoisotopic (exact) mass is 433 g/mol. The number of hydrogen-bond acceptors (Lipinski definition) is 6. The summed E-state index contributed by atoms with van der Waals surface area (Å²) in [6.45, 7) is 1.14. The summed E-state index contributed by atoms with van der Waals surface area (Å²) >= 11 is 0. The molecule has 0 atom stereocenters. The van der Waals surface area contributed by atoms with Crippen molar-refractivity contribution < 1.29 is 28.6 Å². The first kappa shape index (κ1) is 22.6. The highest BCUT2D eigenvalue weighted by Crippen LogP contribution is 2.19. The van der Waals surface area contributed by atoms with Crippen molar-refractivity contribution in [2.45, 2.75) is 13.5 Å². The van der Waals surface area contributed by atoms with Crippen molar-refractivity contribution in [2.75, 3.05) is 18.5 Å². The molecule has 0 bridgehead atoms. The summed E-state index contributed by atoms with van der Waals surface area (Å²) in [5.74, 6) is -0.0505. The number of amides is 1. The number of anilines is 1. The van der Waals surface area contributed by atoms with Gasteiger partial charge in [-0.1, -0.05) is 30.3 Å². The molecule has 1 amide bonds. The number of ketones is 1. The van der Waals surface area contributed by atoms with Gasteiger partial charge in [-0.3, -0.25) is 9.59 Å². The molecule has 3 aromatic carbocycles. The highest BCUT2D eigenvalue weighted by Gasteiger charge is 2.11. The van der Waals surface area contributed by atoms with Gasteiger partial charge in [0.1, 0.15) is 18.1 Å². The van der Waals surface area contributed by atoms with Crippen molar-refractivity contribution in [3.8, 4) is 11.5 Å². The minimum absolute atomic E-state index is 0.202. The molecule has 0 aliphatic heterocycles. The van der Waals surface area contributed by atoms with Crippen LogP contribution in [0, 0.1) is 0 Å². The SMILES string of the molecule is CC(=O)Nc1ccc(C(=O)COC(=O)COc2ccc(OCc3ccccc3)cc2)cc1. The summed E-state index contributed by atoms with van der Waals surface area (Å²) in [6, 6.07) is 23.0. The molecule has 0 aliphatic rings. The van der Waals surface area contributed by atoms with Crippen LogP contribution in [0.3, 0.4) is 0 Å². The predicted molar refractivity (Wildman–Crippen MR) is 119 cm³/mol. The lowest BCUT2D eigenvalue weighted by Gasteiger charge is -2.09. The molecule has 0 radical (unpaired) electrons. The van der Waals surface area contributed by atoms with Crippen molar-refractivity contribution in [3.63, 3.8) is 0 Å². The Hall–Kier alpha value is -4.13. The number of hydrogen-bond donors (Lipinski definition) is 1. The summed E-state index contributed by atoms with van der Waals surface area (Å²) in [5.41, 5.74) is 2.02. The molecule has 7 nitrogen and oxygen atoms in total. The van der Waals surface area contributed by atoms with Gasteiger partial charge in [0.2, 0.25) is 5.91 Å². The van der Waals surface area contributed by atoms with E-state index in [-0.39, 0.29) is 18.3 Å². The number of rotatable bonds is 10. The van der Waals surface area contributed by atoms with Crippen LogP contribution in [-0.2, 0) is 20.9 Å². The Labute approximate surface area is 185 Å². The van der Waals surface area contributed by atoms with Gasteiger partial charge in [-0.2, -0.15) is 0 Å². The quantitative estimate of drug-likeness (QED) is 0.384. The lowest BCUT2D eigenvalue weighted by atomic mass is 10.1. The van der Waals surface area contributed by atoms with E-state index >= 15 is 0 Å². The molecule has 3 aromatic rings. The lowest BCUT2D eigenvalue weighted by molar-refractivity contribution is -0.144. The van der Waals surface area contributed by atoms with Crippen molar-refractivity contribution in [1.29, 1.82) is 0 Å². The average molecular weight is 433 g/mol. The summed E-state index contributed by atoms with van der Waals surface area (Å²) in [7, 11) is 0. The maximum absolute atomic E-state index is 12.1. The second-order valence-electron chi connectivity index (χ2n) is 6.88. The minimum Gasteiger partial charge on any atom is -0.489 e. The van der Waals surface area contributed by atoms with Crippen molar-refractivity contribution in [3.05, 3.63) is 90.0 Å². The fourth-order valence-corrected chi connectivity index (χ4v) is 2.73. The van der Waals surface area contributed by atoms with Crippen molar-refractivity contribution in [2.24, 2.45) is 0 Å². The van der Waals surface area contributed by atoms with Gasteiger partial charge in [0.15, 0.2) is 19.0 Å². The normalized spacial score (nSPS) is 10.2. The molecule has 0 spiro atoms. The molecule has 0 saturated heterocycles. The Morgan fingerprint density at radius 1 is 0.750 bits per heavy atom. The van der Waals surface area contributed by atoms with Gasteiger partial charge < -0.3 is 19.5 Å². The Bertz CT molecular complexity index is 1050. The molecular weight excluding hydrogens is 410 g/mol. The van der Waals surface area contributed by atoms with Crippen LogP contribution >= 0.6 is 0 Å². The van der Waals surface area contributed by atoms with Crippen LogP contribution in [-0.4, -0.2) is 30.9 Å². The van der Waals surface area contributed by atoms with E-state index in [0.29, 0.717) is 29.4 Å². The van der Waals surface area contributed by atoms with E-state index in [9.17, 15) is 14.4 Å². The molecule has 0 fully saturated rings. The number of esters is 1. The fourth-order valence-electron chi connectivity index (χ4n) is 2.73. The summed E-state index contributed by atoms with van der Waals surface area (Å²) in [4.78, 5) is 35.0. The first-order valence-corrected chi connectivity index (χ1v) is 9.95. The molecule has 3 rings (SSSR count).